The summed E-state index contributed by atoms with van der Waals surface area (Å²) in [7, 11) is 0. The Balaban J connectivity index is 1.45. The van der Waals surface area contributed by atoms with E-state index in [-0.39, 0.29) is 21.7 Å². The van der Waals surface area contributed by atoms with Crippen molar-refractivity contribution in [2.45, 2.75) is 144 Å². The van der Waals surface area contributed by atoms with Crippen molar-refractivity contribution < 1.29 is 9.13 Å². The Morgan fingerprint density at radius 1 is 0.725 bits per heavy atom. The van der Waals surface area contributed by atoms with Gasteiger partial charge in [-0.1, -0.05) is 105 Å². The van der Waals surface area contributed by atoms with Gasteiger partial charge in [-0.25, -0.2) is 4.98 Å². The fourth-order valence-corrected chi connectivity index (χ4v) is 10.3. The van der Waals surface area contributed by atoms with Gasteiger partial charge in [0.15, 0.2) is 18.8 Å². The molecule has 3 heterocycles. The maximum absolute atomic E-state index is 5.42. The number of unbranched alkanes of at least 4 members (excludes halogenated alkanes) is 1. The van der Waals surface area contributed by atoms with E-state index < -0.39 is 0 Å². The van der Waals surface area contributed by atoms with Crippen molar-refractivity contribution >= 4 is 11.0 Å². The molecular weight excluding hydrogens is 619 g/mol. The van der Waals surface area contributed by atoms with Crippen molar-refractivity contribution in [2.75, 3.05) is 0 Å². The van der Waals surface area contributed by atoms with E-state index in [2.05, 4.69) is 164 Å². The maximum atomic E-state index is 5.42. The molecule has 2 aliphatic rings. The number of benzene rings is 3. The van der Waals surface area contributed by atoms with E-state index in [0.717, 1.165) is 43.4 Å². The van der Waals surface area contributed by atoms with E-state index in [4.69, 9.17) is 4.98 Å². The van der Waals surface area contributed by atoms with Crippen LogP contribution in [0.3, 0.4) is 0 Å². The average Bonchev–Trinajstić information content (AvgIpc) is 3.22. The molecule has 1 unspecified atom stereocenters. The quantitative estimate of drug-likeness (QED) is 0.142. The molecule has 3 heteroatoms. The number of hydrogen-bond donors (Lipinski definition) is 0. The van der Waals surface area contributed by atoms with Crippen LogP contribution in [-0.2, 0) is 29.2 Å². The summed E-state index contributed by atoms with van der Waals surface area (Å²) in [5, 5.41) is 0. The third kappa shape index (κ3) is 5.15. The molecule has 1 atom stereocenters. The fraction of sp³-hybridized carbons (Fsp3) is 0.479. The van der Waals surface area contributed by atoms with Crippen LogP contribution in [-0.4, -0.2) is 4.98 Å². The van der Waals surface area contributed by atoms with Crippen molar-refractivity contribution in [1.82, 2.24) is 4.98 Å². The van der Waals surface area contributed by atoms with E-state index in [0.29, 0.717) is 6.04 Å². The summed E-state index contributed by atoms with van der Waals surface area (Å²) in [5.41, 5.74) is 16.2. The number of hydrogen-bond acceptors (Lipinski definition) is 1. The van der Waals surface area contributed by atoms with Crippen LogP contribution in [0.4, 0.5) is 0 Å². The Morgan fingerprint density at radius 3 is 2.04 bits per heavy atom. The van der Waals surface area contributed by atoms with Gasteiger partial charge in [0.1, 0.15) is 11.2 Å². The number of pyridine rings is 1. The Hall–Kier alpha value is -3.85. The lowest BCUT2D eigenvalue weighted by Crippen LogP contribution is -2.57. The summed E-state index contributed by atoms with van der Waals surface area (Å²) in [5.74, 6) is 0. The molecule has 1 aliphatic carbocycles. The zero-order valence-corrected chi connectivity index (χ0v) is 33.4. The Kier molecular flexibility index (Phi) is 8.84. The maximum Gasteiger partial charge on any atom is 0.234 e. The molecule has 1 aliphatic heterocycles. The molecule has 3 aromatic carbocycles. The summed E-state index contributed by atoms with van der Waals surface area (Å²) in [6.45, 7) is 27.2. The van der Waals surface area contributed by atoms with Gasteiger partial charge >= 0.3 is 0 Å². The highest BCUT2D eigenvalue weighted by molar-refractivity contribution is 5.78. The molecule has 0 saturated carbocycles. The van der Waals surface area contributed by atoms with Gasteiger partial charge in [-0.05, 0) is 102 Å². The Labute approximate surface area is 308 Å². The number of rotatable bonds is 9. The van der Waals surface area contributed by atoms with Gasteiger partial charge in [-0.2, -0.15) is 9.13 Å². The fourth-order valence-electron chi connectivity index (χ4n) is 10.3. The third-order valence-electron chi connectivity index (χ3n) is 14.6. The predicted molar refractivity (Wildman–Crippen MR) is 213 cm³/mol. The molecule has 0 spiro atoms. The monoisotopic (exact) mass is 679 g/mol. The van der Waals surface area contributed by atoms with E-state index in [9.17, 15) is 0 Å². The molecule has 2 aromatic heterocycles. The number of fused-ring (bicyclic) bond motifs is 5. The van der Waals surface area contributed by atoms with Crippen LogP contribution < -0.4 is 9.13 Å². The van der Waals surface area contributed by atoms with Gasteiger partial charge in [0, 0.05) is 18.2 Å². The van der Waals surface area contributed by atoms with Crippen molar-refractivity contribution in [3.05, 3.63) is 113 Å². The molecule has 3 nitrogen and oxygen atoms in total. The number of aryl methyl sites for hydroxylation is 4. The molecule has 51 heavy (non-hydrogen) atoms. The summed E-state index contributed by atoms with van der Waals surface area (Å²) in [6.07, 6.45) is 9.25. The van der Waals surface area contributed by atoms with Crippen LogP contribution in [0.25, 0.3) is 33.5 Å². The van der Waals surface area contributed by atoms with Gasteiger partial charge in [-0.3, -0.25) is 0 Å². The molecule has 0 N–H and O–H groups in total. The second-order valence-electron chi connectivity index (χ2n) is 17.4. The molecule has 266 valence electrons. The molecule has 0 amide bonds. The standard InChI is InChI=1S/C48H61N3/c1-12-15-21-34-25-27-50-41(29-34)36-23-18-19-24-37(36)48(13-2,14-3)43(50)26-28-51-42-31-39-38(45(6,7)47(10,11)46(39,8)9)30-40(42)49-33(5)44(51)35-22-17-16-20-32(35)4/h16-20,22-25,27,29-31,43H,12-15,21,26,28H2,1-11H3/q+2. The summed E-state index contributed by atoms with van der Waals surface area (Å²) < 4.78 is 5.34. The zero-order chi connectivity index (χ0) is 36.5. The first-order valence-electron chi connectivity index (χ1n) is 19.8. The van der Waals surface area contributed by atoms with Crippen LogP contribution >= 0.6 is 0 Å². The topological polar surface area (TPSA) is 20.6 Å². The molecule has 0 bridgehead atoms. The third-order valence-corrected chi connectivity index (χ3v) is 14.6. The lowest BCUT2D eigenvalue weighted by Gasteiger charge is -2.44. The minimum atomic E-state index is 0.0164. The number of aromatic nitrogens is 3. The second kappa shape index (κ2) is 12.7. The highest BCUT2D eigenvalue weighted by atomic mass is 15.1. The lowest BCUT2D eigenvalue weighted by molar-refractivity contribution is -0.739. The van der Waals surface area contributed by atoms with Gasteiger partial charge in [0.05, 0.1) is 23.0 Å². The van der Waals surface area contributed by atoms with E-state index in [1.54, 1.807) is 0 Å². The Bertz CT molecular complexity index is 2130. The van der Waals surface area contributed by atoms with Gasteiger partial charge < -0.3 is 0 Å². The van der Waals surface area contributed by atoms with E-state index >= 15 is 0 Å². The molecule has 0 fully saturated rings. The van der Waals surface area contributed by atoms with Crippen LogP contribution in [0.2, 0.25) is 0 Å². The van der Waals surface area contributed by atoms with E-state index in [1.165, 1.54) is 68.7 Å². The summed E-state index contributed by atoms with van der Waals surface area (Å²) in [6, 6.07) is 28.4. The lowest BCUT2D eigenvalue weighted by atomic mass is 9.59. The van der Waals surface area contributed by atoms with Crippen molar-refractivity contribution in [1.29, 1.82) is 0 Å². The first-order valence-corrected chi connectivity index (χ1v) is 19.8. The molecule has 5 aromatic rings. The van der Waals surface area contributed by atoms with Crippen molar-refractivity contribution in [3.8, 4) is 22.5 Å². The highest BCUT2D eigenvalue weighted by Crippen LogP contribution is 2.62. The van der Waals surface area contributed by atoms with Gasteiger partial charge in [0.25, 0.3) is 0 Å². The predicted octanol–water partition coefficient (Wildman–Crippen LogP) is 11.4. The van der Waals surface area contributed by atoms with Crippen LogP contribution in [0.5, 0.6) is 0 Å². The largest absolute Gasteiger partial charge is 0.240 e. The van der Waals surface area contributed by atoms with Gasteiger partial charge in [0.2, 0.25) is 16.9 Å². The molecule has 0 radical (unpaired) electrons. The van der Waals surface area contributed by atoms with E-state index in [1.807, 2.05) is 0 Å². The number of nitrogens with zero attached hydrogens (tertiary/aromatic N) is 3. The molecular formula is C48H61N3+2. The first-order chi connectivity index (χ1) is 24.2. The molecule has 7 rings (SSSR count). The highest BCUT2D eigenvalue weighted by Gasteiger charge is 2.57. The second-order valence-corrected chi connectivity index (χ2v) is 17.4. The van der Waals surface area contributed by atoms with Crippen LogP contribution in [0, 0.1) is 19.3 Å². The smallest absolute Gasteiger partial charge is 0.234 e. The average molecular weight is 680 g/mol. The minimum Gasteiger partial charge on any atom is -0.240 e. The minimum absolute atomic E-state index is 0.0164. The summed E-state index contributed by atoms with van der Waals surface area (Å²) in [4.78, 5) is 5.42. The summed E-state index contributed by atoms with van der Waals surface area (Å²) >= 11 is 0. The van der Waals surface area contributed by atoms with Gasteiger partial charge in [-0.15, -0.1) is 0 Å². The van der Waals surface area contributed by atoms with Crippen molar-refractivity contribution in [3.63, 3.8) is 0 Å². The van der Waals surface area contributed by atoms with Crippen molar-refractivity contribution in [2.24, 2.45) is 5.41 Å². The van der Waals surface area contributed by atoms with Crippen LogP contribution in [0.15, 0.2) is 79.0 Å². The Morgan fingerprint density at radius 2 is 1.37 bits per heavy atom. The van der Waals surface area contributed by atoms with Crippen LogP contribution in [0.1, 0.15) is 134 Å². The molecule has 0 saturated heterocycles. The normalized spacial score (nSPS) is 19.1. The zero-order valence-electron chi connectivity index (χ0n) is 33.4. The SMILES string of the molecule is CCCCc1cc[n+]2c(c1)-c1ccccc1C(CC)(CC)C2CC[n+]1c(-c2ccccc2C)c(C)nc2cc3c(cc21)C(C)(C)C(C)(C)C3(C)C. The first kappa shape index (κ1) is 35.5.